The summed E-state index contributed by atoms with van der Waals surface area (Å²) in [6, 6.07) is 0. The number of unbranched alkanes of at least 4 members (excludes halogenated alkanes) is 10. The minimum absolute atomic E-state index is 0.0307. The van der Waals surface area contributed by atoms with Gasteiger partial charge in [-0.2, -0.15) is 0 Å². The van der Waals surface area contributed by atoms with Crippen LogP contribution < -0.4 is 0 Å². The predicted molar refractivity (Wildman–Crippen MR) is 158 cm³/mol. The minimum Gasteiger partial charge on any atom is -0.465 e. The first-order chi connectivity index (χ1) is 20.8. The fourth-order valence-corrected chi connectivity index (χ4v) is 4.06. The van der Waals surface area contributed by atoms with Gasteiger partial charge in [-0.3, -0.25) is 19.2 Å². The molecule has 0 bridgehead atoms. The van der Waals surface area contributed by atoms with E-state index in [1.54, 1.807) is 0 Å². The Kier molecular flexibility index (Phi) is 27.0. The summed E-state index contributed by atoms with van der Waals surface area (Å²) in [5.41, 5.74) is -1.32. The van der Waals surface area contributed by atoms with Crippen molar-refractivity contribution < 1.29 is 58.6 Å². The third-order valence-electron chi connectivity index (χ3n) is 6.81. The SMILES string of the molecule is O=C(CCCCCO)OCC(COC(=O)CCCCCO)(COC(=O)CCCCCO)COC(=O)CCCCCCCO. The molecule has 0 aliphatic rings. The zero-order chi connectivity index (χ0) is 32.0. The predicted octanol–water partition coefficient (Wildman–Crippen LogP) is 3.14. The van der Waals surface area contributed by atoms with Gasteiger partial charge in [0.1, 0.15) is 31.8 Å². The van der Waals surface area contributed by atoms with E-state index < -0.39 is 29.3 Å². The average Bonchev–Trinajstić information content (AvgIpc) is 3.00. The third kappa shape index (κ3) is 24.8. The molecule has 0 aromatic heterocycles. The summed E-state index contributed by atoms with van der Waals surface area (Å²) < 4.78 is 22.0. The van der Waals surface area contributed by atoms with Crippen molar-refractivity contribution in [1.29, 1.82) is 0 Å². The van der Waals surface area contributed by atoms with E-state index in [-0.39, 0.29) is 78.5 Å². The number of aliphatic hydroxyl groups is 4. The van der Waals surface area contributed by atoms with Crippen molar-refractivity contribution in [3.63, 3.8) is 0 Å². The van der Waals surface area contributed by atoms with Crippen LogP contribution in [0.15, 0.2) is 0 Å². The Hall–Kier alpha value is -2.28. The van der Waals surface area contributed by atoms with Gasteiger partial charge in [0.15, 0.2) is 0 Å². The topological polar surface area (TPSA) is 186 Å². The van der Waals surface area contributed by atoms with Crippen molar-refractivity contribution in [2.24, 2.45) is 5.41 Å². The van der Waals surface area contributed by atoms with Gasteiger partial charge in [-0.1, -0.05) is 38.5 Å². The van der Waals surface area contributed by atoms with Gasteiger partial charge in [-0.25, -0.2) is 0 Å². The molecule has 12 nitrogen and oxygen atoms in total. The van der Waals surface area contributed by atoms with Crippen molar-refractivity contribution in [2.75, 3.05) is 52.9 Å². The number of aliphatic hydroxyl groups excluding tert-OH is 4. The second-order valence-electron chi connectivity index (χ2n) is 11.0. The van der Waals surface area contributed by atoms with Gasteiger partial charge in [-0.05, 0) is 51.4 Å². The summed E-state index contributed by atoms with van der Waals surface area (Å²) in [6.07, 6.45) is 9.58. The van der Waals surface area contributed by atoms with Crippen LogP contribution in [-0.4, -0.2) is 97.2 Å². The summed E-state index contributed by atoms with van der Waals surface area (Å²) in [5.74, 6) is -2.01. The van der Waals surface area contributed by atoms with Crippen LogP contribution in [-0.2, 0) is 38.1 Å². The zero-order valence-corrected chi connectivity index (χ0v) is 25.9. The van der Waals surface area contributed by atoms with Gasteiger partial charge in [-0.15, -0.1) is 0 Å². The molecule has 0 saturated heterocycles. The molecule has 252 valence electrons. The number of rotatable bonds is 30. The highest BCUT2D eigenvalue weighted by Crippen LogP contribution is 2.23. The monoisotopic (exact) mass is 620 g/mol. The quantitative estimate of drug-likeness (QED) is 0.0523. The van der Waals surface area contributed by atoms with Crippen molar-refractivity contribution in [1.82, 2.24) is 0 Å². The Morgan fingerprint density at radius 2 is 0.558 bits per heavy atom. The summed E-state index contributed by atoms with van der Waals surface area (Å²) in [4.78, 5) is 49.9. The smallest absolute Gasteiger partial charge is 0.305 e. The standard InChI is InChI=1S/C31H56O12/c32-19-11-3-1-2-7-15-27(36)40-23-31(24-41-28(37)16-8-4-12-20-33,25-42-29(38)17-9-5-13-21-34)26-43-30(39)18-10-6-14-22-35/h32-35H,1-26H2. The summed E-state index contributed by atoms with van der Waals surface area (Å²) in [5, 5.41) is 35.7. The second kappa shape index (κ2) is 28.5. The Labute approximate surface area is 256 Å². The van der Waals surface area contributed by atoms with E-state index in [1.165, 1.54) is 0 Å². The van der Waals surface area contributed by atoms with E-state index in [2.05, 4.69) is 0 Å². The molecule has 0 atom stereocenters. The van der Waals surface area contributed by atoms with Crippen LogP contribution in [0.4, 0.5) is 0 Å². The normalized spacial score (nSPS) is 11.3. The summed E-state index contributed by atoms with van der Waals surface area (Å²) in [7, 11) is 0. The molecule has 0 heterocycles. The highest BCUT2D eigenvalue weighted by Gasteiger charge is 2.38. The molecule has 0 aliphatic carbocycles. The lowest BCUT2D eigenvalue weighted by Crippen LogP contribution is -2.44. The number of ether oxygens (including phenoxy) is 4. The first-order valence-corrected chi connectivity index (χ1v) is 15.9. The van der Waals surface area contributed by atoms with Crippen LogP contribution in [0.25, 0.3) is 0 Å². The van der Waals surface area contributed by atoms with Crippen molar-refractivity contribution in [2.45, 2.75) is 116 Å². The summed E-state index contributed by atoms with van der Waals surface area (Å²) >= 11 is 0. The molecular weight excluding hydrogens is 564 g/mol. The highest BCUT2D eigenvalue weighted by atomic mass is 16.6. The van der Waals surface area contributed by atoms with Crippen molar-refractivity contribution in [3.8, 4) is 0 Å². The molecule has 12 heteroatoms. The maximum absolute atomic E-state index is 12.6. The van der Waals surface area contributed by atoms with E-state index >= 15 is 0 Å². The van der Waals surface area contributed by atoms with Gasteiger partial charge in [0.2, 0.25) is 0 Å². The number of carbonyl (C=O) groups excluding carboxylic acids is 4. The number of carbonyl (C=O) groups is 4. The zero-order valence-electron chi connectivity index (χ0n) is 25.9. The minimum atomic E-state index is -1.32. The van der Waals surface area contributed by atoms with Crippen LogP contribution in [0.1, 0.15) is 116 Å². The largest absolute Gasteiger partial charge is 0.465 e. The Morgan fingerprint density at radius 1 is 0.349 bits per heavy atom. The van der Waals surface area contributed by atoms with E-state index in [1.807, 2.05) is 0 Å². The molecule has 0 aliphatic heterocycles. The highest BCUT2D eigenvalue weighted by molar-refractivity contribution is 5.71. The molecule has 0 amide bonds. The Balaban J connectivity index is 5.44. The lowest BCUT2D eigenvalue weighted by molar-refractivity contribution is -0.170. The van der Waals surface area contributed by atoms with E-state index in [0.29, 0.717) is 70.6 Å². The van der Waals surface area contributed by atoms with E-state index in [4.69, 9.17) is 39.4 Å². The molecule has 0 aromatic rings. The maximum atomic E-state index is 12.6. The lowest BCUT2D eigenvalue weighted by Gasteiger charge is -2.31. The van der Waals surface area contributed by atoms with Crippen LogP contribution in [0.5, 0.6) is 0 Å². The fraction of sp³-hybridized carbons (Fsp3) is 0.871. The van der Waals surface area contributed by atoms with Gasteiger partial charge in [0.25, 0.3) is 0 Å². The van der Waals surface area contributed by atoms with Crippen molar-refractivity contribution >= 4 is 23.9 Å². The molecule has 0 rings (SSSR count). The number of esters is 4. The molecule has 4 N–H and O–H groups in total. The molecule has 0 saturated carbocycles. The van der Waals surface area contributed by atoms with Crippen molar-refractivity contribution in [3.05, 3.63) is 0 Å². The van der Waals surface area contributed by atoms with Gasteiger partial charge in [0.05, 0.1) is 0 Å². The third-order valence-corrected chi connectivity index (χ3v) is 6.81. The van der Waals surface area contributed by atoms with Crippen LogP contribution in [0.2, 0.25) is 0 Å². The molecule has 0 aromatic carbocycles. The van der Waals surface area contributed by atoms with Crippen LogP contribution in [0.3, 0.4) is 0 Å². The van der Waals surface area contributed by atoms with Gasteiger partial charge in [0, 0.05) is 52.1 Å². The van der Waals surface area contributed by atoms with E-state index in [9.17, 15) is 19.2 Å². The first kappa shape index (κ1) is 40.7. The number of hydrogen-bond donors (Lipinski definition) is 4. The van der Waals surface area contributed by atoms with Gasteiger partial charge >= 0.3 is 23.9 Å². The molecule has 0 radical (unpaired) electrons. The Morgan fingerprint density at radius 3 is 0.814 bits per heavy atom. The van der Waals surface area contributed by atoms with E-state index in [0.717, 1.165) is 19.3 Å². The van der Waals surface area contributed by atoms with Crippen LogP contribution in [0, 0.1) is 5.41 Å². The molecular formula is C31H56O12. The second-order valence-corrected chi connectivity index (χ2v) is 11.0. The first-order valence-electron chi connectivity index (χ1n) is 15.9. The molecule has 0 fully saturated rings. The Bertz CT molecular complexity index is 658. The maximum Gasteiger partial charge on any atom is 0.305 e. The molecule has 43 heavy (non-hydrogen) atoms. The number of hydrogen-bond acceptors (Lipinski definition) is 12. The fourth-order valence-electron chi connectivity index (χ4n) is 4.06. The van der Waals surface area contributed by atoms with Crippen LogP contribution >= 0.6 is 0 Å². The molecule has 0 spiro atoms. The van der Waals surface area contributed by atoms with Gasteiger partial charge < -0.3 is 39.4 Å². The average molecular weight is 621 g/mol. The molecule has 0 unspecified atom stereocenters. The summed E-state index contributed by atoms with van der Waals surface area (Å²) in [6.45, 7) is -1.00. The lowest BCUT2D eigenvalue weighted by atomic mass is 9.92.